The Morgan fingerprint density at radius 3 is 2.66 bits per heavy atom. The summed E-state index contributed by atoms with van der Waals surface area (Å²) in [5, 5.41) is 25.6. The molecule has 29 heavy (non-hydrogen) atoms. The lowest BCUT2D eigenvalue weighted by atomic mass is 9.75. The van der Waals surface area contributed by atoms with Gasteiger partial charge in [-0.3, -0.25) is 4.79 Å². The number of pyridine rings is 1. The summed E-state index contributed by atoms with van der Waals surface area (Å²) in [6, 6.07) is 12.7. The zero-order valence-electron chi connectivity index (χ0n) is 16.4. The van der Waals surface area contributed by atoms with E-state index >= 15 is 0 Å². The molecule has 2 aromatic rings. The second-order valence-electron chi connectivity index (χ2n) is 7.29. The number of carbonyl (C=O) groups excluding carboxylic acids is 1. The van der Waals surface area contributed by atoms with Crippen LogP contribution in [0, 0.1) is 5.92 Å². The predicted octanol–water partition coefficient (Wildman–Crippen LogP) is 1.91. The van der Waals surface area contributed by atoms with Crippen molar-refractivity contribution >= 4 is 18.7 Å². The first-order chi connectivity index (χ1) is 13.9. The number of oxime groups is 1. The Morgan fingerprint density at radius 1 is 1.28 bits per heavy atom. The van der Waals surface area contributed by atoms with Crippen LogP contribution in [0.15, 0.2) is 53.8 Å². The van der Waals surface area contributed by atoms with Crippen molar-refractivity contribution in [3.05, 3.63) is 54.2 Å². The molecule has 8 nitrogen and oxygen atoms in total. The molecule has 2 heterocycles. The van der Waals surface area contributed by atoms with E-state index < -0.39 is 25.1 Å². The Hall–Kier alpha value is -2.91. The molecule has 1 amide bonds. The fourth-order valence-corrected chi connectivity index (χ4v) is 2.97. The number of ether oxygens (including phenoxy) is 1. The van der Waals surface area contributed by atoms with Gasteiger partial charge in [-0.05, 0) is 48.2 Å². The summed E-state index contributed by atoms with van der Waals surface area (Å²) in [5.41, 5.74) is 1.45. The van der Waals surface area contributed by atoms with Crippen molar-refractivity contribution in [3.63, 3.8) is 0 Å². The minimum Gasteiger partial charge on any atom is -0.439 e. The van der Waals surface area contributed by atoms with Crippen molar-refractivity contribution in [1.29, 1.82) is 0 Å². The Bertz CT molecular complexity index is 843. The second-order valence-corrected chi connectivity index (χ2v) is 7.29. The molecule has 0 saturated carbocycles. The van der Waals surface area contributed by atoms with Crippen LogP contribution in [0.2, 0.25) is 0 Å². The monoisotopic (exact) mass is 397 g/mol. The van der Waals surface area contributed by atoms with Crippen molar-refractivity contribution in [2.45, 2.75) is 38.7 Å². The van der Waals surface area contributed by atoms with Gasteiger partial charge in [-0.2, -0.15) is 0 Å². The molecule has 2 atom stereocenters. The maximum atomic E-state index is 12.4. The quantitative estimate of drug-likeness (QED) is 0.587. The van der Waals surface area contributed by atoms with Crippen molar-refractivity contribution in [1.82, 2.24) is 10.3 Å². The molecule has 9 heteroatoms. The number of aromatic nitrogens is 1. The fraction of sp³-hybridized carbons (Fsp3) is 0.350. The van der Waals surface area contributed by atoms with Crippen LogP contribution >= 0.6 is 0 Å². The number of carbonyl (C=O) groups is 1. The van der Waals surface area contributed by atoms with Crippen LogP contribution in [-0.2, 0) is 9.63 Å². The number of hydrogen-bond acceptors (Lipinski definition) is 7. The molecule has 1 aliphatic heterocycles. The highest BCUT2D eigenvalue weighted by Gasteiger charge is 2.33. The first kappa shape index (κ1) is 20.8. The van der Waals surface area contributed by atoms with E-state index in [0.717, 1.165) is 5.56 Å². The molecule has 152 valence electrons. The first-order valence-electron chi connectivity index (χ1n) is 9.51. The van der Waals surface area contributed by atoms with E-state index in [-0.39, 0.29) is 5.92 Å². The summed E-state index contributed by atoms with van der Waals surface area (Å²) < 4.78 is 5.66. The van der Waals surface area contributed by atoms with Crippen LogP contribution in [0.4, 0.5) is 0 Å². The smallest absolute Gasteiger partial charge is 0.439 e. The standard InChI is InChI=1S/C20H24BN3O5/c1-13(2)11-18(21(26)27)23-20(25)17-12-16(24-29-17)14-6-8-15(9-7-14)28-19-5-3-4-10-22-19/h3-10,13,17-18,26-27H,11-12H2,1-2H3,(H,23,25). The van der Waals surface area contributed by atoms with Gasteiger partial charge in [0.25, 0.3) is 5.91 Å². The third-order valence-electron chi connectivity index (χ3n) is 4.42. The number of amides is 1. The average molecular weight is 397 g/mol. The van der Waals surface area contributed by atoms with Gasteiger partial charge in [0.1, 0.15) is 5.75 Å². The molecule has 0 saturated heterocycles. The van der Waals surface area contributed by atoms with E-state index in [0.29, 0.717) is 30.2 Å². The summed E-state index contributed by atoms with van der Waals surface area (Å²) in [6.45, 7) is 3.88. The molecule has 2 unspecified atom stereocenters. The van der Waals surface area contributed by atoms with Crippen molar-refractivity contribution in [3.8, 4) is 11.6 Å². The normalized spacial score (nSPS) is 16.7. The zero-order chi connectivity index (χ0) is 20.8. The lowest BCUT2D eigenvalue weighted by Gasteiger charge is -2.20. The van der Waals surface area contributed by atoms with Gasteiger partial charge < -0.3 is 24.9 Å². The van der Waals surface area contributed by atoms with Crippen LogP contribution < -0.4 is 10.1 Å². The zero-order valence-corrected chi connectivity index (χ0v) is 16.4. The van der Waals surface area contributed by atoms with Gasteiger partial charge in [-0.15, -0.1) is 0 Å². The molecule has 3 rings (SSSR count). The van der Waals surface area contributed by atoms with Crippen LogP contribution in [0.3, 0.4) is 0 Å². The number of nitrogens with one attached hydrogen (secondary N) is 1. The molecule has 0 spiro atoms. The van der Waals surface area contributed by atoms with Gasteiger partial charge >= 0.3 is 7.12 Å². The highest BCUT2D eigenvalue weighted by atomic mass is 16.6. The molecular weight excluding hydrogens is 373 g/mol. The molecule has 0 fully saturated rings. The lowest BCUT2D eigenvalue weighted by molar-refractivity contribution is -0.131. The van der Waals surface area contributed by atoms with E-state index in [1.54, 1.807) is 24.4 Å². The number of benzene rings is 1. The summed E-state index contributed by atoms with van der Waals surface area (Å²) in [6.07, 6.45) is 1.59. The number of nitrogens with zero attached hydrogens (tertiary/aromatic N) is 2. The summed E-state index contributed by atoms with van der Waals surface area (Å²) in [5.74, 6) is 0.163. The highest BCUT2D eigenvalue weighted by molar-refractivity contribution is 6.43. The fourth-order valence-electron chi connectivity index (χ4n) is 2.97. The van der Waals surface area contributed by atoms with Crippen LogP contribution in [0.1, 0.15) is 32.3 Å². The SMILES string of the molecule is CC(C)CC(NC(=O)C1CC(c2ccc(Oc3ccccn3)cc2)=NO1)B(O)O. The maximum Gasteiger partial charge on any atom is 0.475 e. The molecular formula is C20H24BN3O5. The summed E-state index contributed by atoms with van der Waals surface area (Å²) in [7, 11) is -1.63. The molecule has 3 N–H and O–H groups in total. The molecule has 1 aromatic carbocycles. The van der Waals surface area contributed by atoms with Gasteiger partial charge in [-0.1, -0.05) is 25.1 Å². The molecule has 0 radical (unpaired) electrons. The van der Waals surface area contributed by atoms with Crippen molar-refractivity contribution in [2.75, 3.05) is 0 Å². The Labute approximate surface area is 169 Å². The van der Waals surface area contributed by atoms with Crippen LogP contribution in [-0.4, -0.2) is 45.8 Å². The predicted molar refractivity (Wildman–Crippen MR) is 108 cm³/mol. The largest absolute Gasteiger partial charge is 0.475 e. The molecule has 1 aliphatic rings. The van der Waals surface area contributed by atoms with Crippen molar-refractivity contribution < 1.29 is 24.4 Å². The third kappa shape index (κ3) is 5.79. The van der Waals surface area contributed by atoms with Gasteiger partial charge in [-0.25, -0.2) is 4.98 Å². The molecule has 0 bridgehead atoms. The van der Waals surface area contributed by atoms with E-state index in [4.69, 9.17) is 9.57 Å². The van der Waals surface area contributed by atoms with Gasteiger partial charge in [0, 0.05) is 18.7 Å². The van der Waals surface area contributed by atoms with E-state index in [2.05, 4.69) is 15.5 Å². The topological polar surface area (TPSA) is 113 Å². The van der Waals surface area contributed by atoms with Crippen molar-refractivity contribution in [2.24, 2.45) is 11.1 Å². The Balaban J connectivity index is 1.56. The maximum absolute atomic E-state index is 12.4. The van der Waals surface area contributed by atoms with Gasteiger partial charge in [0.05, 0.1) is 11.7 Å². The van der Waals surface area contributed by atoms with E-state index in [1.165, 1.54) is 0 Å². The summed E-state index contributed by atoms with van der Waals surface area (Å²) in [4.78, 5) is 21.8. The molecule has 1 aromatic heterocycles. The lowest BCUT2D eigenvalue weighted by Crippen LogP contribution is -2.50. The number of hydrogen-bond donors (Lipinski definition) is 3. The Morgan fingerprint density at radius 2 is 2.03 bits per heavy atom. The minimum atomic E-state index is -1.63. The second kappa shape index (κ2) is 9.53. The van der Waals surface area contributed by atoms with E-state index in [1.807, 2.05) is 38.1 Å². The first-order valence-corrected chi connectivity index (χ1v) is 9.51. The Kier molecular flexibility index (Phi) is 6.84. The number of rotatable bonds is 8. The summed E-state index contributed by atoms with van der Waals surface area (Å²) >= 11 is 0. The molecule has 0 aliphatic carbocycles. The van der Waals surface area contributed by atoms with Gasteiger partial charge in [0.2, 0.25) is 12.0 Å². The highest BCUT2D eigenvalue weighted by Crippen LogP contribution is 2.22. The average Bonchev–Trinajstić information content (AvgIpc) is 3.19. The van der Waals surface area contributed by atoms with Crippen LogP contribution in [0.5, 0.6) is 11.6 Å². The van der Waals surface area contributed by atoms with E-state index in [9.17, 15) is 14.8 Å². The third-order valence-corrected chi connectivity index (χ3v) is 4.42. The minimum absolute atomic E-state index is 0.199. The van der Waals surface area contributed by atoms with Crippen LogP contribution in [0.25, 0.3) is 0 Å². The van der Waals surface area contributed by atoms with Gasteiger partial charge in [0.15, 0.2) is 0 Å².